The maximum Gasteiger partial charge on any atom is 0.226 e. The van der Waals surface area contributed by atoms with Crippen molar-refractivity contribution in [2.45, 2.75) is 20.8 Å². The molecule has 5 rings (SSSR count). The number of aromatic amines is 2. The molecule has 5 heterocycles. The van der Waals surface area contributed by atoms with Crippen molar-refractivity contribution in [1.29, 1.82) is 0 Å². The minimum atomic E-state index is -0.124. The van der Waals surface area contributed by atoms with Gasteiger partial charge in [-0.2, -0.15) is 5.10 Å². The summed E-state index contributed by atoms with van der Waals surface area (Å²) < 4.78 is 0. The van der Waals surface area contributed by atoms with Crippen LogP contribution < -0.4 is 5.32 Å². The Morgan fingerprint density at radius 3 is 2.74 bits per heavy atom. The van der Waals surface area contributed by atoms with Gasteiger partial charge in [0.25, 0.3) is 0 Å². The normalized spacial score (nSPS) is 11.8. The highest BCUT2D eigenvalue weighted by molar-refractivity contribution is 5.93. The summed E-state index contributed by atoms with van der Waals surface area (Å²) in [6, 6.07) is 9.58. The molecule has 9 heteroatoms. The van der Waals surface area contributed by atoms with Gasteiger partial charge in [0, 0.05) is 41.2 Å². The molecular formula is C26H24N8O. The molecule has 1 amide bonds. The second-order valence-corrected chi connectivity index (χ2v) is 8.36. The van der Waals surface area contributed by atoms with E-state index in [2.05, 4.69) is 35.5 Å². The first-order valence-electron chi connectivity index (χ1n) is 11.3. The molecule has 0 aliphatic rings. The summed E-state index contributed by atoms with van der Waals surface area (Å²) in [6.45, 7) is 5.67. The molecule has 174 valence electrons. The van der Waals surface area contributed by atoms with Crippen molar-refractivity contribution in [3.63, 3.8) is 0 Å². The lowest BCUT2D eigenvalue weighted by molar-refractivity contribution is -0.118. The summed E-state index contributed by atoms with van der Waals surface area (Å²) in [6.07, 6.45) is 10.7. The summed E-state index contributed by atoms with van der Waals surface area (Å²) in [5.41, 5.74) is 7.07. The third-order valence-electron chi connectivity index (χ3n) is 5.59. The van der Waals surface area contributed by atoms with Crippen molar-refractivity contribution in [1.82, 2.24) is 35.1 Å². The van der Waals surface area contributed by atoms with Crippen molar-refractivity contribution in [2.75, 3.05) is 5.32 Å². The lowest BCUT2D eigenvalue weighted by Gasteiger charge is -2.08. The number of anilines is 1. The summed E-state index contributed by atoms with van der Waals surface area (Å²) in [4.78, 5) is 33.3. The van der Waals surface area contributed by atoms with Crippen LogP contribution in [-0.2, 0) is 4.79 Å². The van der Waals surface area contributed by atoms with Crippen LogP contribution in [0.25, 0.3) is 39.4 Å². The van der Waals surface area contributed by atoms with Gasteiger partial charge in [0.05, 0.1) is 35.0 Å². The van der Waals surface area contributed by atoms with E-state index in [0.717, 1.165) is 27.9 Å². The zero-order valence-corrected chi connectivity index (χ0v) is 19.6. The molecule has 0 aliphatic heterocycles. The molecule has 0 radical (unpaired) electrons. The quantitative estimate of drug-likeness (QED) is 0.330. The van der Waals surface area contributed by atoms with Gasteiger partial charge in [-0.3, -0.25) is 19.9 Å². The first-order valence-corrected chi connectivity index (χ1v) is 11.3. The number of hydrogen-bond donors (Lipinski definition) is 3. The maximum atomic E-state index is 12.1. The van der Waals surface area contributed by atoms with Gasteiger partial charge in [0.15, 0.2) is 11.5 Å². The van der Waals surface area contributed by atoms with Gasteiger partial charge < -0.3 is 10.3 Å². The Labute approximate surface area is 201 Å². The minimum absolute atomic E-state index is 0.0649. The molecule has 0 aliphatic carbocycles. The first-order chi connectivity index (χ1) is 17.0. The number of rotatable bonds is 6. The predicted molar refractivity (Wildman–Crippen MR) is 135 cm³/mol. The summed E-state index contributed by atoms with van der Waals surface area (Å²) in [5, 5.41) is 10.4. The molecule has 0 atom stereocenters. The van der Waals surface area contributed by atoms with Crippen LogP contribution in [0.5, 0.6) is 0 Å². The Bertz CT molecular complexity index is 1530. The molecule has 35 heavy (non-hydrogen) atoms. The SMILES string of the molecule is C/C=C(/c1cccnc1)c1cnc(-c2n[nH]c3ccc(-c4cncc(NC(=O)C(C)C)c4)nc23)[nH]1. The lowest BCUT2D eigenvalue weighted by atomic mass is 10.1. The van der Waals surface area contributed by atoms with Crippen LogP contribution in [0.4, 0.5) is 5.69 Å². The molecule has 5 aromatic rings. The molecule has 9 nitrogen and oxygen atoms in total. The number of aromatic nitrogens is 7. The number of carbonyl (C=O) groups excluding carboxylic acids is 1. The highest BCUT2D eigenvalue weighted by Gasteiger charge is 2.16. The number of nitrogens with one attached hydrogen (secondary N) is 3. The van der Waals surface area contributed by atoms with Crippen molar-refractivity contribution < 1.29 is 4.79 Å². The van der Waals surface area contributed by atoms with E-state index >= 15 is 0 Å². The summed E-state index contributed by atoms with van der Waals surface area (Å²) in [5.74, 6) is 0.418. The van der Waals surface area contributed by atoms with Gasteiger partial charge in [0.2, 0.25) is 5.91 Å². The Kier molecular flexibility index (Phi) is 5.88. The van der Waals surface area contributed by atoms with E-state index in [1.165, 1.54) is 0 Å². The zero-order valence-electron chi connectivity index (χ0n) is 19.6. The molecule has 0 aromatic carbocycles. The number of allylic oxidation sites excluding steroid dienone is 1. The van der Waals surface area contributed by atoms with Crippen LogP contribution in [0, 0.1) is 5.92 Å². The Hall–Kier alpha value is -4.66. The largest absolute Gasteiger partial charge is 0.337 e. The Balaban J connectivity index is 1.49. The van der Waals surface area contributed by atoms with Crippen LogP contribution in [-0.4, -0.2) is 41.0 Å². The third kappa shape index (κ3) is 4.43. The van der Waals surface area contributed by atoms with E-state index in [4.69, 9.17) is 4.98 Å². The molecule has 5 aromatic heterocycles. The smallest absolute Gasteiger partial charge is 0.226 e. The molecular weight excluding hydrogens is 440 g/mol. The standard InChI is InChI=1S/C26H24N8O/c1-4-19(16-6-5-9-27-11-16)22-14-29-25(32-22)24-23-21(33-34-24)8-7-20(31-23)17-10-18(13-28-12-17)30-26(35)15(2)3/h4-15H,1-3H3,(H,29,32)(H,30,35)(H,33,34)/b19-4-. The van der Waals surface area contributed by atoms with Crippen molar-refractivity contribution >= 4 is 28.2 Å². The molecule has 0 saturated heterocycles. The Morgan fingerprint density at radius 1 is 1.09 bits per heavy atom. The van der Waals surface area contributed by atoms with Gasteiger partial charge in [-0.25, -0.2) is 9.97 Å². The Morgan fingerprint density at radius 2 is 1.97 bits per heavy atom. The number of fused-ring (bicyclic) bond motifs is 1. The zero-order chi connectivity index (χ0) is 24.4. The van der Waals surface area contributed by atoms with Crippen LogP contribution >= 0.6 is 0 Å². The minimum Gasteiger partial charge on any atom is -0.337 e. The molecule has 0 spiro atoms. The molecule has 0 fully saturated rings. The molecule has 0 unspecified atom stereocenters. The van der Waals surface area contributed by atoms with E-state index in [1.807, 2.05) is 63.4 Å². The fourth-order valence-corrected chi connectivity index (χ4v) is 3.74. The van der Waals surface area contributed by atoms with Gasteiger partial charge >= 0.3 is 0 Å². The van der Waals surface area contributed by atoms with E-state index in [1.54, 1.807) is 24.8 Å². The van der Waals surface area contributed by atoms with E-state index in [-0.39, 0.29) is 11.8 Å². The first kappa shape index (κ1) is 22.1. The number of imidazole rings is 1. The third-order valence-corrected chi connectivity index (χ3v) is 5.59. The highest BCUT2D eigenvalue weighted by Crippen LogP contribution is 2.29. The number of H-pyrrole nitrogens is 2. The number of amides is 1. The molecule has 3 N–H and O–H groups in total. The maximum absolute atomic E-state index is 12.1. The van der Waals surface area contributed by atoms with E-state index in [9.17, 15) is 4.79 Å². The summed E-state index contributed by atoms with van der Waals surface area (Å²) >= 11 is 0. The summed E-state index contributed by atoms with van der Waals surface area (Å²) in [7, 11) is 0. The van der Waals surface area contributed by atoms with Crippen LogP contribution in [0.2, 0.25) is 0 Å². The van der Waals surface area contributed by atoms with Gasteiger partial charge in [-0.1, -0.05) is 26.0 Å². The highest BCUT2D eigenvalue weighted by atomic mass is 16.1. The fourth-order valence-electron chi connectivity index (χ4n) is 3.74. The number of carbonyl (C=O) groups is 1. The number of nitrogens with zero attached hydrogens (tertiary/aromatic N) is 5. The van der Waals surface area contributed by atoms with Crippen LogP contribution in [0.15, 0.2) is 67.4 Å². The fraction of sp³-hybridized carbons (Fsp3) is 0.154. The topological polar surface area (TPSA) is 125 Å². The van der Waals surface area contributed by atoms with E-state index < -0.39 is 0 Å². The number of pyridine rings is 3. The van der Waals surface area contributed by atoms with Crippen molar-refractivity contribution in [2.24, 2.45) is 5.92 Å². The molecule has 0 saturated carbocycles. The number of hydrogen-bond acceptors (Lipinski definition) is 6. The van der Waals surface area contributed by atoms with Crippen LogP contribution in [0.1, 0.15) is 32.0 Å². The van der Waals surface area contributed by atoms with Gasteiger partial charge in [-0.05, 0) is 31.2 Å². The van der Waals surface area contributed by atoms with E-state index in [0.29, 0.717) is 28.4 Å². The average Bonchev–Trinajstić information content (AvgIpc) is 3.52. The van der Waals surface area contributed by atoms with Gasteiger partial charge in [0.1, 0.15) is 5.52 Å². The van der Waals surface area contributed by atoms with Crippen molar-refractivity contribution in [3.8, 4) is 22.8 Å². The monoisotopic (exact) mass is 464 g/mol. The van der Waals surface area contributed by atoms with Gasteiger partial charge in [-0.15, -0.1) is 0 Å². The lowest BCUT2D eigenvalue weighted by Crippen LogP contribution is -2.17. The van der Waals surface area contributed by atoms with Crippen molar-refractivity contribution in [3.05, 3.63) is 78.6 Å². The van der Waals surface area contributed by atoms with Crippen LogP contribution in [0.3, 0.4) is 0 Å². The predicted octanol–water partition coefficient (Wildman–Crippen LogP) is 4.85. The average molecular weight is 465 g/mol. The second kappa shape index (κ2) is 9.30. The second-order valence-electron chi connectivity index (χ2n) is 8.36. The molecule has 0 bridgehead atoms.